The second-order valence-electron chi connectivity index (χ2n) is 4.32. The standard InChI is InChI=1S/C13H16F3NO/c1-3-8(2)11(17)12(18)9-6-4-5-7-10(9)13(14,15)16/h4-8,11H,3,17H2,1-2H3. The average Bonchev–Trinajstić information content (AvgIpc) is 2.35. The fourth-order valence-electron chi connectivity index (χ4n) is 1.64. The summed E-state index contributed by atoms with van der Waals surface area (Å²) in [6, 6.07) is 3.84. The molecule has 18 heavy (non-hydrogen) atoms. The van der Waals surface area contributed by atoms with Gasteiger partial charge in [0, 0.05) is 5.56 Å². The van der Waals surface area contributed by atoms with Gasteiger partial charge in [0.05, 0.1) is 11.6 Å². The minimum atomic E-state index is -4.54. The summed E-state index contributed by atoms with van der Waals surface area (Å²) in [5, 5.41) is 0. The summed E-state index contributed by atoms with van der Waals surface area (Å²) < 4.78 is 38.3. The van der Waals surface area contributed by atoms with E-state index >= 15 is 0 Å². The van der Waals surface area contributed by atoms with Gasteiger partial charge < -0.3 is 5.73 Å². The molecule has 2 N–H and O–H groups in total. The van der Waals surface area contributed by atoms with Gasteiger partial charge in [-0.1, -0.05) is 38.5 Å². The molecule has 1 aromatic rings. The van der Waals surface area contributed by atoms with Crippen molar-refractivity contribution in [1.82, 2.24) is 0 Å². The first kappa shape index (κ1) is 14.7. The minimum absolute atomic E-state index is 0.154. The van der Waals surface area contributed by atoms with Gasteiger partial charge in [0.15, 0.2) is 5.78 Å². The molecule has 0 fully saturated rings. The predicted octanol–water partition coefficient (Wildman–Crippen LogP) is 3.26. The monoisotopic (exact) mass is 259 g/mol. The third-order valence-electron chi connectivity index (χ3n) is 3.06. The molecule has 0 aliphatic heterocycles. The van der Waals surface area contributed by atoms with E-state index in [0.29, 0.717) is 6.42 Å². The Morgan fingerprint density at radius 2 is 1.89 bits per heavy atom. The zero-order valence-electron chi connectivity index (χ0n) is 10.3. The van der Waals surface area contributed by atoms with Crippen LogP contribution in [0.15, 0.2) is 24.3 Å². The Balaban J connectivity index is 3.14. The molecule has 100 valence electrons. The molecule has 1 aromatic carbocycles. The van der Waals surface area contributed by atoms with Crippen molar-refractivity contribution in [2.45, 2.75) is 32.5 Å². The van der Waals surface area contributed by atoms with Crippen LogP contribution >= 0.6 is 0 Å². The number of rotatable bonds is 4. The van der Waals surface area contributed by atoms with Crippen molar-refractivity contribution in [2.75, 3.05) is 0 Å². The van der Waals surface area contributed by atoms with Crippen molar-refractivity contribution in [1.29, 1.82) is 0 Å². The number of Topliss-reactive ketones (excluding diaryl/α,β-unsaturated/α-hetero) is 1. The Morgan fingerprint density at radius 3 is 2.39 bits per heavy atom. The van der Waals surface area contributed by atoms with Crippen LogP contribution in [0.2, 0.25) is 0 Å². The van der Waals surface area contributed by atoms with Gasteiger partial charge in [-0.15, -0.1) is 0 Å². The number of carbonyl (C=O) groups is 1. The van der Waals surface area contributed by atoms with Crippen molar-refractivity contribution >= 4 is 5.78 Å². The van der Waals surface area contributed by atoms with E-state index in [1.54, 1.807) is 6.92 Å². The van der Waals surface area contributed by atoms with Gasteiger partial charge in [-0.05, 0) is 12.0 Å². The van der Waals surface area contributed by atoms with Crippen LogP contribution in [0.5, 0.6) is 0 Å². The molecule has 0 amide bonds. The quantitative estimate of drug-likeness (QED) is 0.843. The molecule has 0 spiro atoms. The van der Waals surface area contributed by atoms with Gasteiger partial charge in [0.1, 0.15) is 0 Å². The van der Waals surface area contributed by atoms with E-state index in [0.717, 1.165) is 6.07 Å². The summed E-state index contributed by atoms with van der Waals surface area (Å²) in [7, 11) is 0. The van der Waals surface area contributed by atoms with E-state index in [2.05, 4.69) is 0 Å². The van der Waals surface area contributed by atoms with Gasteiger partial charge in [-0.3, -0.25) is 4.79 Å². The lowest BCUT2D eigenvalue weighted by molar-refractivity contribution is -0.137. The second kappa shape index (κ2) is 5.52. The van der Waals surface area contributed by atoms with Gasteiger partial charge in [0.2, 0.25) is 0 Å². The highest BCUT2D eigenvalue weighted by Crippen LogP contribution is 2.32. The average molecular weight is 259 g/mol. The maximum atomic E-state index is 12.8. The lowest BCUT2D eigenvalue weighted by Crippen LogP contribution is -2.37. The first-order valence-electron chi connectivity index (χ1n) is 5.75. The Labute approximate surface area is 104 Å². The fraction of sp³-hybridized carbons (Fsp3) is 0.462. The van der Waals surface area contributed by atoms with Crippen molar-refractivity contribution in [2.24, 2.45) is 11.7 Å². The molecule has 0 saturated heterocycles. The molecule has 0 saturated carbocycles. The van der Waals surface area contributed by atoms with Gasteiger partial charge >= 0.3 is 6.18 Å². The molecule has 5 heteroatoms. The molecule has 2 atom stereocenters. The highest BCUT2D eigenvalue weighted by Gasteiger charge is 2.36. The number of hydrogen-bond acceptors (Lipinski definition) is 2. The van der Waals surface area contributed by atoms with Crippen molar-refractivity contribution in [3.05, 3.63) is 35.4 Å². The number of carbonyl (C=O) groups excluding carboxylic acids is 1. The molecule has 0 aliphatic carbocycles. The Bertz CT molecular complexity index is 428. The molecular weight excluding hydrogens is 243 g/mol. The molecule has 0 bridgehead atoms. The maximum absolute atomic E-state index is 12.8. The molecule has 0 aliphatic rings. The summed E-state index contributed by atoms with van der Waals surface area (Å²) in [6.07, 6.45) is -3.90. The summed E-state index contributed by atoms with van der Waals surface area (Å²) >= 11 is 0. The van der Waals surface area contributed by atoms with E-state index in [1.165, 1.54) is 18.2 Å². The number of halogens is 3. The summed E-state index contributed by atoms with van der Waals surface area (Å²) in [5.41, 5.74) is 4.43. The second-order valence-corrected chi connectivity index (χ2v) is 4.32. The number of benzene rings is 1. The van der Waals surface area contributed by atoms with Crippen LogP contribution in [-0.4, -0.2) is 11.8 Å². The Hall–Kier alpha value is -1.36. The third-order valence-corrected chi connectivity index (χ3v) is 3.06. The Kier molecular flexibility index (Phi) is 4.51. The third kappa shape index (κ3) is 3.10. The summed E-state index contributed by atoms with van der Waals surface area (Å²) in [4.78, 5) is 12.0. The molecule has 2 nitrogen and oxygen atoms in total. The first-order valence-corrected chi connectivity index (χ1v) is 5.75. The number of ketones is 1. The van der Waals surface area contributed by atoms with Crippen molar-refractivity contribution < 1.29 is 18.0 Å². The number of hydrogen-bond donors (Lipinski definition) is 1. The van der Waals surface area contributed by atoms with Crippen LogP contribution in [-0.2, 0) is 6.18 Å². The predicted molar refractivity (Wildman–Crippen MR) is 63.2 cm³/mol. The summed E-state index contributed by atoms with van der Waals surface area (Å²) in [5.74, 6) is -0.809. The van der Waals surface area contributed by atoms with E-state index in [9.17, 15) is 18.0 Å². The van der Waals surface area contributed by atoms with Crippen LogP contribution in [0.3, 0.4) is 0 Å². The van der Waals surface area contributed by atoms with Gasteiger partial charge in [-0.2, -0.15) is 13.2 Å². The topological polar surface area (TPSA) is 43.1 Å². The molecule has 0 heterocycles. The number of alkyl halides is 3. The highest BCUT2D eigenvalue weighted by molar-refractivity contribution is 6.01. The van der Waals surface area contributed by atoms with E-state index in [-0.39, 0.29) is 11.5 Å². The largest absolute Gasteiger partial charge is 0.417 e. The van der Waals surface area contributed by atoms with Crippen LogP contribution in [0.25, 0.3) is 0 Å². The maximum Gasteiger partial charge on any atom is 0.417 e. The fourth-order valence-corrected chi connectivity index (χ4v) is 1.64. The molecule has 0 radical (unpaired) electrons. The lowest BCUT2D eigenvalue weighted by atomic mass is 9.90. The first-order chi connectivity index (χ1) is 8.29. The SMILES string of the molecule is CCC(C)C(N)C(=O)c1ccccc1C(F)(F)F. The molecule has 1 rings (SSSR count). The molecule has 0 aromatic heterocycles. The molecule has 2 unspecified atom stereocenters. The van der Waals surface area contributed by atoms with Gasteiger partial charge in [0.25, 0.3) is 0 Å². The zero-order valence-corrected chi connectivity index (χ0v) is 10.3. The van der Waals surface area contributed by atoms with Crippen LogP contribution in [0.1, 0.15) is 36.2 Å². The smallest absolute Gasteiger partial charge is 0.321 e. The molecular formula is C13H16F3NO. The van der Waals surface area contributed by atoms with E-state index in [4.69, 9.17) is 5.73 Å². The van der Waals surface area contributed by atoms with E-state index < -0.39 is 23.6 Å². The normalized spacial score (nSPS) is 15.2. The highest BCUT2D eigenvalue weighted by atomic mass is 19.4. The van der Waals surface area contributed by atoms with Crippen molar-refractivity contribution in [3.8, 4) is 0 Å². The van der Waals surface area contributed by atoms with Crippen LogP contribution in [0.4, 0.5) is 13.2 Å². The lowest BCUT2D eigenvalue weighted by Gasteiger charge is -2.19. The van der Waals surface area contributed by atoms with Crippen molar-refractivity contribution in [3.63, 3.8) is 0 Å². The zero-order chi connectivity index (χ0) is 13.9. The summed E-state index contributed by atoms with van der Waals surface area (Å²) in [6.45, 7) is 3.59. The Morgan fingerprint density at radius 1 is 1.33 bits per heavy atom. The van der Waals surface area contributed by atoms with E-state index in [1.807, 2.05) is 6.92 Å². The number of nitrogens with two attached hydrogens (primary N) is 1. The van der Waals surface area contributed by atoms with Gasteiger partial charge in [-0.25, -0.2) is 0 Å². The van der Waals surface area contributed by atoms with Crippen LogP contribution in [0, 0.1) is 5.92 Å². The van der Waals surface area contributed by atoms with Crippen LogP contribution < -0.4 is 5.73 Å². The minimum Gasteiger partial charge on any atom is -0.321 e.